The maximum atomic E-state index is 14.2. The SMILES string of the molecule is COc1c(Cl)ccc(C(N)=Cc2cc(C(=O)O)ncn2)c1F. The number of hydrogen-bond acceptors (Lipinski definition) is 5. The van der Waals surface area contributed by atoms with E-state index in [-0.39, 0.29) is 33.4 Å². The Labute approximate surface area is 130 Å². The van der Waals surface area contributed by atoms with Crippen LogP contribution >= 0.6 is 11.6 Å². The van der Waals surface area contributed by atoms with Gasteiger partial charge in [-0.25, -0.2) is 19.2 Å². The number of carboxylic acid groups (broad SMARTS) is 1. The summed E-state index contributed by atoms with van der Waals surface area (Å²) in [7, 11) is 1.29. The molecule has 22 heavy (non-hydrogen) atoms. The minimum atomic E-state index is -1.20. The predicted octanol–water partition coefficient (Wildman–Crippen LogP) is 2.43. The number of benzene rings is 1. The van der Waals surface area contributed by atoms with Crippen LogP contribution in [-0.4, -0.2) is 28.2 Å². The second-order valence-electron chi connectivity index (χ2n) is 4.18. The fourth-order valence-corrected chi connectivity index (χ4v) is 1.97. The Morgan fingerprint density at radius 2 is 2.18 bits per heavy atom. The molecule has 2 rings (SSSR count). The maximum Gasteiger partial charge on any atom is 0.354 e. The molecule has 0 fully saturated rings. The molecule has 1 heterocycles. The van der Waals surface area contributed by atoms with Gasteiger partial charge in [0.25, 0.3) is 0 Å². The van der Waals surface area contributed by atoms with E-state index < -0.39 is 11.8 Å². The summed E-state index contributed by atoms with van der Waals surface area (Å²) in [6.45, 7) is 0. The van der Waals surface area contributed by atoms with Crippen LogP contribution in [0.5, 0.6) is 5.75 Å². The van der Waals surface area contributed by atoms with Crippen LogP contribution in [0.4, 0.5) is 4.39 Å². The molecule has 0 spiro atoms. The minimum Gasteiger partial charge on any atom is -0.492 e. The Morgan fingerprint density at radius 3 is 2.82 bits per heavy atom. The molecular weight excluding hydrogens is 313 g/mol. The second kappa shape index (κ2) is 6.40. The zero-order valence-electron chi connectivity index (χ0n) is 11.4. The van der Waals surface area contributed by atoms with Crippen LogP contribution in [0.3, 0.4) is 0 Å². The van der Waals surface area contributed by atoms with Crippen LogP contribution in [-0.2, 0) is 0 Å². The molecule has 0 unspecified atom stereocenters. The normalized spacial score (nSPS) is 11.3. The highest BCUT2D eigenvalue weighted by Gasteiger charge is 2.15. The molecular formula is C14H11ClFN3O3. The molecule has 0 bridgehead atoms. The van der Waals surface area contributed by atoms with E-state index in [4.69, 9.17) is 27.2 Å². The van der Waals surface area contributed by atoms with Crippen molar-refractivity contribution in [1.29, 1.82) is 0 Å². The Kier molecular flexibility index (Phi) is 4.57. The first-order valence-electron chi connectivity index (χ1n) is 5.99. The topological polar surface area (TPSA) is 98.3 Å². The Bertz CT molecular complexity index is 765. The van der Waals surface area contributed by atoms with Crippen molar-refractivity contribution >= 4 is 29.3 Å². The van der Waals surface area contributed by atoms with Crippen molar-refractivity contribution in [2.24, 2.45) is 5.73 Å². The first kappa shape index (κ1) is 15.7. The molecule has 0 aliphatic carbocycles. The zero-order valence-corrected chi connectivity index (χ0v) is 12.1. The lowest BCUT2D eigenvalue weighted by Gasteiger charge is -2.09. The molecule has 8 heteroatoms. The number of ether oxygens (including phenoxy) is 1. The lowest BCUT2D eigenvalue weighted by atomic mass is 10.1. The summed E-state index contributed by atoms with van der Waals surface area (Å²) in [5.41, 5.74) is 6.00. The van der Waals surface area contributed by atoms with E-state index in [0.29, 0.717) is 0 Å². The quantitative estimate of drug-likeness (QED) is 0.896. The van der Waals surface area contributed by atoms with Crippen LogP contribution in [0.1, 0.15) is 21.7 Å². The molecule has 0 aliphatic heterocycles. The average Bonchev–Trinajstić information content (AvgIpc) is 2.47. The molecule has 0 amide bonds. The molecule has 6 nitrogen and oxygen atoms in total. The fourth-order valence-electron chi connectivity index (χ4n) is 1.75. The van der Waals surface area contributed by atoms with Gasteiger partial charge >= 0.3 is 5.97 Å². The summed E-state index contributed by atoms with van der Waals surface area (Å²) >= 11 is 5.81. The third-order valence-corrected chi connectivity index (χ3v) is 3.07. The van der Waals surface area contributed by atoms with Crippen LogP contribution < -0.4 is 10.5 Å². The molecule has 3 N–H and O–H groups in total. The molecule has 1 aromatic carbocycles. The van der Waals surface area contributed by atoms with Gasteiger partial charge in [-0.15, -0.1) is 0 Å². The molecule has 114 valence electrons. The highest BCUT2D eigenvalue weighted by atomic mass is 35.5. The first-order valence-corrected chi connectivity index (χ1v) is 6.36. The number of methoxy groups -OCH3 is 1. The van der Waals surface area contributed by atoms with Crippen LogP contribution in [0.25, 0.3) is 11.8 Å². The van der Waals surface area contributed by atoms with Gasteiger partial charge in [0.2, 0.25) is 0 Å². The number of carbonyl (C=O) groups is 1. The zero-order chi connectivity index (χ0) is 16.3. The first-order chi connectivity index (χ1) is 10.4. The number of nitrogens with two attached hydrogens (primary N) is 1. The summed E-state index contributed by atoms with van der Waals surface area (Å²) in [4.78, 5) is 18.3. The second-order valence-corrected chi connectivity index (χ2v) is 4.58. The monoisotopic (exact) mass is 323 g/mol. The lowest BCUT2D eigenvalue weighted by Crippen LogP contribution is -2.04. The molecule has 0 aliphatic rings. The van der Waals surface area contributed by atoms with E-state index in [0.717, 1.165) is 6.33 Å². The average molecular weight is 324 g/mol. The van der Waals surface area contributed by atoms with E-state index in [1.807, 2.05) is 0 Å². The van der Waals surface area contributed by atoms with Crippen molar-refractivity contribution in [3.8, 4) is 5.75 Å². The summed E-state index contributed by atoms with van der Waals surface area (Å²) in [6, 6.07) is 4.06. The van der Waals surface area contributed by atoms with Crippen molar-refractivity contribution in [3.63, 3.8) is 0 Å². The van der Waals surface area contributed by atoms with Gasteiger partial charge in [-0.05, 0) is 24.3 Å². The van der Waals surface area contributed by atoms with E-state index in [2.05, 4.69) is 9.97 Å². The largest absolute Gasteiger partial charge is 0.492 e. The van der Waals surface area contributed by atoms with Gasteiger partial charge in [-0.3, -0.25) is 0 Å². The smallest absolute Gasteiger partial charge is 0.354 e. The van der Waals surface area contributed by atoms with Gasteiger partial charge in [0, 0.05) is 11.3 Å². The molecule has 0 atom stereocenters. The van der Waals surface area contributed by atoms with Crippen molar-refractivity contribution in [2.75, 3.05) is 7.11 Å². The number of nitrogens with zero attached hydrogens (tertiary/aromatic N) is 2. The standard InChI is InChI=1S/C14H11ClFN3O3/c1-22-13-9(15)3-2-8(12(13)16)10(17)4-7-5-11(14(20)21)19-6-18-7/h2-6H,17H2,1H3,(H,20,21). The number of rotatable bonds is 4. The fraction of sp³-hybridized carbons (Fsp3) is 0.0714. The summed E-state index contributed by atoms with van der Waals surface area (Å²) in [5, 5.41) is 8.99. The summed E-state index contributed by atoms with van der Waals surface area (Å²) in [5.74, 6) is -2.03. The van der Waals surface area contributed by atoms with Gasteiger partial charge in [-0.1, -0.05) is 11.6 Å². The van der Waals surface area contributed by atoms with Gasteiger partial charge in [0.1, 0.15) is 6.33 Å². The van der Waals surface area contributed by atoms with Gasteiger partial charge in [0.05, 0.1) is 17.8 Å². The third-order valence-electron chi connectivity index (χ3n) is 2.77. The summed E-state index contributed by atoms with van der Waals surface area (Å²) < 4.78 is 19.1. The maximum absolute atomic E-state index is 14.2. The predicted molar refractivity (Wildman–Crippen MR) is 79.0 cm³/mol. The van der Waals surface area contributed by atoms with Gasteiger partial charge in [-0.2, -0.15) is 0 Å². The van der Waals surface area contributed by atoms with Gasteiger partial charge < -0.3 is 15.6 Å². The number of halogens is 2. The number of aromatic carboxylic acids is 1. The highest BCUT2D eigenvalue weighted by molar-refractivity contribution is 6.32. The number of hydrogen-bond donors (Lipinski definition) is 2. The van der Waals surface area contributed by atoms with E-state index in [1.54, 1.807) is 0 Å². The van der Waals surface area contributed by atoms with E-state index in [1.165, 1.54) is 31.4 Å². The van der Waals surface area contributed by atoms with Crippen molar-refractivity contribution < 1.29 is 19.0 Å². The van der Waals surface area contributed by atoms with Crippen LogP contribution in [0, 0.1) is 5.82 Å². The Morgan fingerprint density at radius 1 is 1.45 bits per heavy atom. The Hall–Kier alpha value is -2.67. The van der Waals surface area contributed by atoms with Crippen molar-refractivity contribution in [1.82, 2.24) is 9.97 Å². The summed E-state index contributed by atoms with van der Waals surface area (Å²) in [6.07, 6.45) is 2.42. The third kappa shape index (κ3) is 3.15. The molecule has 0 saturated carbocycles. The molecule has 0 saturated heterocycles. The Balaban J connectivity index is 2.45. The number of aromatic nitrogens is 2. The highest BCUT2D eigenvalue weighted by Crippen LogP contribution is 2.31. The van der Waals surface area contributed by atoms with Crippen LogP contribution in [0.15, 0.2) is 24.5 Å². The van der Waals surface area contributed by atoms with E-state index >= 15 is 0 Å². The number of carboxylic acids is 1. The van der Waals surface area contributed by atoms with Crippen LogP contribution in [0.2, 0.25) is 5.02 Å². The van der Waals surface area contributed by atoms with Crippen molar-refractivity contribution in [3.05, 3.63) is 52.3 Å². The van der Waals surface area contributed by atoms with Gasteiger partial charge in [0.15, 0.2) is 17.3 Å². The lowest BCUT2D eigenvalue weighted by molar-refractivity contribution is 0.0690. The van der Waals surface area contributed by atoms with Crippen molar-refractivity contribution in [2.45, 2.75) is 0 Å². The molecule has 1 aromatic heterocycles. The molecule has 2 aromatic rings. The van der Waals surface area contributed by atoms with E-state index in [9.17, 15) is 9.18 Å². The minimum absolute atomic E-state index is 0.0440. The molecule has 0 radical (unpaired) electrons.